The van der Waals surface area contributed by atoms with Gasteiger partial charge in [-0.15, -0.1) is 0 Å². The molecule has 0 bridgehead atoms. The summed E-state index contributed by atoms with van der Waals surface area (Å²) < 4.78 is 0. The number of aliphatic carboxylic acids is 1. The first-order chi connectivity index (χ1) is 13.5. The van der Waals surface area contributed by atoms with E-state index < -0.39 is 5.97 Å². The third kappa shape index (κ3) is 5.68. The fourth-order valence-corrected chi connectivity index (χ4v) is 5.07. The first-order valence-electron chi connectivity index (χ1n) is 10.8. The minimum Gasteiger partial charge on any atom is -0.481 e. The number of unbranched alkanes of at least 4 members (excludes halogenated alkanes) is 1. The van der Waals surface area contributed by atoms with Gasteiger partial charge in [0, 0.05) is 6.42 Å². The molecule has 0 radical (unpaired) electrons. The van der Waals surface area contributed by atoms with Gasteiger partial charge in [0.05, 0.1) is 12.2 Å². The third-order valence-corrected chi connectivity index (χ3v) is 6.72. The molecule has 3 rings (SSSR count). The number of aliphatic hydroxyl groups excluding tert-OH is 2. The number of carboxylic acids is 1. The van der Waals surface area contributed by atoms with E-state index in [1.54, 1.807) is 0 Å². The summed E-state index contributed by atoms with van der Waals surface area (Å²) in [5.41, 5.74) is 2.75. The number of hydrogen-bond donors (Lipinski definition) is 3. The smallest absolute Gasteiger partial charge is 0.303 e. The number of carboxylic acid groups (broad SMARTS) is 1. The number of allylic oxidation sites excluding steroid dienone is 2. The highest BCUT2D eigenvalue weighted by atomic mass is 16.4. The van der Waals surface area contributed by atoms with E-state index in [-0.39, 0.29) is 24.5 Å². The predicted octanol–water partition coefficient (Wildman–Crippen LogP) is 4.13. The van der Waals surface area contributed by atoms with E-state index in [0.717, 1.165) is 51.4 Å². The highest BCUT2D eigenvalue weighted by Crippen LogP contribution is 2.39. The van der Waals surface area contributed by atoms with Crippen molar-refractivity contribution in [2.24, 2.45) is 17.8 Å². The van der Waals surface area contributed by atoms with Crippen LogP contribution in [0.4, 0.5) is 0 Å². The van der Waals surface area contributed by atoms with Crippen molar-refractivity contribution in [3.8, 4) is 0 Å². The molecular weight excluding hydrogens is 352 g/mol. The lowest BCUT2D eigenvalue weighted by Gasteiger charge is -2.24. The maximum atomic E-state index is 10.7. The van der Waals surface area contributed by atoms with Crippen LogP contribution in [0.2, 0.25) is 0 Å². The second-order valence-corrected chi connectivity index (χ2v) is 8.64. The number of benzene rings is 1. The quantitative estimate of drug-likeness (QED) is 0.417. The molecule has 0 amide bonds. The second-order valence-electron chi connectivity index (χ2n) is 8.64. The summed E-state index contributed by atoms with van der Waals surface area (Å²) in [7, 11) is 0. The van der Waals surface area contributed by atoms with Gasteiger partial charge in [-0.2, -0.15) is 0 Å². The summed E-state index contributed by atoms with van der Waals surface area (Å²) >= 11 is 0. The highest BCUT2D eigenvalue weighted by Gasteiger charge is 2.35. The van der Waals surface area contributed by atoms with Crippen molar-refractivity contribution in [2.75, 3.05) is 0 Å². The molecule has 28 heavy (non-hydrogen) atoms. The number of rotatable bonds is 10. The van der Waals surface area contributed by atoms with Gasteiger partial charge in [-0.05, 0) is 86.7 Å². The van der Waals surface area contributed by atoms with Crippen molar-refractivity contribution in [3.63, 3.8) is 0 Å². The zero-order chi connectivity index (χ0) is 19.9. The summed E-state index contributed by atoms with van der Waals surface area (Å²) in [4.78, 5) is 10.5. The number of hydrogen-bond acceptors (Lipinski definition) is 3. The van der Waals surface area contributed by atoms with Crippen molar-refractivity contribution in [1.29, 1.82) is 0 Å². The molecule has 1 aromatic rings. The molecule has 0 aliphatic heterocycles. The average Bonchev–Trinajstić information content (AvgIpc) is 3.26. The molecule has 0 aromatic heterocycles. The Bertz CT molecular complexity index is 643. The van der Waals surface area contributed by atoms with Crippen LogP contribution in [-0.2, 0) is 17.6 Å². The monoisotopic (exact) mass is 386 g/mol. The van der Waals surface area contributed by atoms with Crippen molar-refractivity contribution < 1.29 is 20.1 Å². The van der Waals surface area contributed by atoms with Gasteiger partial charge in [0.2, 0.25) is 0 Å². The SMILES string of the molecule is O=C(O)CCCC=CC[C@H]1CC[C@@H](O)[C@@H]1CC[C@@H](O)C1Cc2ccccc2C1. The molecule has 2 aliphatic carbocycles. The Morgan fingerprint density at radius 1 is 1.14 bits per heavy atom. The zero-order valence-corrected chi connectivity index (χ0v) is 16.7. The van der Waals surface area contributed by atoms with Crippen LogP contribution in [-0.4, -0.2) is 33.5 Å². The van der Waals surface area contributed by atoms with Crippen LogP contribution >= 0.6 is 0 Å². The lowest BCUT2D eigenvalue weighted by Crippen LogP contribution is -2.25. The van der Waals surface area contributed by atoms with Crippen molar-refractivity contribution >= 4 is 5.97 Å². The first kappa shape index (κ1) is 21.1. The molecule has 4 atom stereocenters. The van der Waals surface area contributed by atoms with Gasteiger partial charge in [0.15, 0.2) is 0 Å². The van der Waals surface area contributed by atoms with E-state index in [2.05, 4.69) is 36.4 Å². The lowest BCUT2D eigenvalue weighted by atomic mass is 9.85. The topological polar surface area (TPSA) is 77.8 Å². The van der Waals surface area contributed by atoms with Crippen LogP contribution < -0.4 is 0 Å². The number of fused-ring (bicyclic) bond motifs is 1. The van der Waals surface area contributed by atoms with Crippen LogP contribution in [0.25, 0.3) is 0 Å². The van der Waals surface area contributed by atoms with Gasteiger partial charge in [-0.3, -0.25) is 4.79 Å². The normalized spacial score (nSPS) is 26.0. The van der Waals surface area contributed by atoms with Crippen LogP contribution in [0, 0.1) is 17.8 Å². The van der Waals surface area contributed by atoms with E-state index in [1.807, 2.05) is 0 Å². The molecule has 2 aliphatic rings. The molecule has 3 N–H and O–H groups in total. The number of carbonyl (C=O) groups is 1. The maximum absolute atomic E-state index is 10.7. The molecule has 0 spiro atoms. The van der Waals surface area contributed by atoms with Crippen molar-refractivity contribution in [3.05, 3.63) is 47.5 Å². The molecule has 0 saturated heterocycles. The lowest BCUT2D eigenvalue weighted by molar-refractivity contribution is -0.137. The third-order valence-electron chi connectivity index (χ3n) is 6.72. The minimum atomic E-state index is -0.740. The van der Waals surface area contributed by atoms with Gasteiger partial charge in [-0.1, -0.05) is 36.4 Å². The first-order valence-corrected chi connectivity index (χ1v) is 10.8. The molecule has 0 unspecified atom stereocenters. The van der Waals surface area contributed by atoms with Gasteiger partial charge in [0.1, 0.15) is 0 Å². The summed E-state index contributed by atoms with van der Waals surface area (Å²) in [6, 6.07) is 8.48. The number of aliphatic hydroxyl groups is 2. The fraction of sp³-hybridized carbons (Fsp3) is 0.625. The largest absolute Gasteiger partial charge is 0.481 e. The molecular formula is C24H34O4. The molecule has 1 saturated carbocycles. The Labute approximate surface area is 168 Å². The minimum absolute atomic E-state index is 0.220. The van der Waals surface area contributed by atoms with E-state index in [1.165, 1.54) is 11.1 Å². The average molecular weight is 387 g/mol. The van der Waals surface area contributed by atoms with E-state index in [9.17, 15) is 15.0 Å². The summed E-state index contributed by atoms with van der Waals surface area (Å²) in [6.07, 6.45) is 11.8. The Morgan fingerprint density at radius 3 is 2.54 bits per heavy atom. The summed E-state index contributed by atoms with van der Waals surface area (Å²) in [5, 5.41) is 29.8. The standard InChI is InChI=1S/C24H34O4/c25-22(20-15-18-8-5-6-9-19(18)16-20)14-12-21-17(11-13-23(21)26)7-3-1-2-4-10-24(27)28/h1,3,5-6,8-9,17,20-23,25-26H,2,4,7,10-16H2,(H,27,28)/t17-,21+,22+,23+/m0/s1. The Hall–Kier alpha value is -1.65. The summed E-state index contributed by atoms with van der Waals surface area (Å²) in [5.74, 6) is 0.306. The molecule has 1 fully saturated rings. The van der Waals surface area contributed by atoms with Gasteiger partial charge >= 0.3 is 5.97 Å². The van der Waals surface area contributed by atoms with Crippen molar-refractivity contribution in [2.45, 2.75) is 76.4 Å². The second kappa shape index (κ2) is 10.2. The zero-order valence-electron chi connectivity index (χ0n) is 16.7. The van der Waals surface area contributed by atoms with E-state index in [0.29, 0.717) is 18.3 Å². The van der Waals surface area contributed by atoms with Gasteiger partial charge < -0.3 is 15.3 Å². The molecule has 0 heterocycles. The predicted molar refractivity (Wildman–Crippen MR) is 110 cm³/mol. The van der Waals surface area contributed by atoms with Crippen LogP contribution in [0.1, 0.15) is 62.5 Å². The van der Waals surface area contributed by atoms with Crippen LogP contribution in [0.3, 0.4) is 0 Å². The Kier molecular flexibility index (Phi) is 7.69. The van der Waals surface area contributed by atoms with Crippen LogP contribution in [0.15, 0.2) is 36.4 Å². The van der Waals surface area contributed by atoms with E-state index >= 15 is 0 Å². The van der Waals surface area contributed by atoms with Crippen LogP contribution in [0.5, 0.6) is 0 Å². The van der Waals surface area contributed by atoms with Gasteiger partial charge in [-0.25, -0.2) is 0 Å². The maximum Gasteiger partial charge on any atom is 0.303 e. The highest BCUT2D eigenvalue weighted by molar-refractivity contribution is 5.66. The summed E-state index contributed by atoms with van der Waals surface area (Å²) in [6.45, 7) is 0. The Balaban J connectivity index is 1.42. The van der Waals surface area contributed by atoms with Crippen molar-refractivity contribution in [1.82, 2.24) is 0 Å². The van der Waals surface area contributed by atoms with E-state index in [4.69, 9.17) is 5.11 Å². The Morgan fingerprint density at radius 2 is 1.86 bits per heavy atom. The molecule has 154 valence electrons. The fourth-order valence-electron chi connectivity index (χ4n) is 5.07. The molecule has 4 nitrogen and oxygen atoms in total. The molecule has 1 aromatic carbocycles. The van der Waals surface area contributed by atoms with Gasteiger partial charge in [0.25, 0.3) is 0 Å². The molecule has 4 heteroatoms.